The molecule has 35 heavy (non-hydrogen) atoms. The molecule has 0 bridgehead atoms. The first-order chi connectivity index (χ1) is 16.3. The molecule has 0 saturated carbocycles. The van der Waals surface area contributed by atoms with E-state index in [1.54, 1.807) is 18.7 Å². The van der Waals surface area contributed by atoms with Gasteiger partial charge in [-0.2, -0.15) is 9.57 Å². The number of aromatic nitrogens is 1. The third kappa shape index (κ3) is 4.78. The standard InChI is InChI=1S/C26H34N4O4S/c1-15-16(2)18(4)25(19(5)17(15)3)35(33,34)30-12-10-29(11-13-30)24(31)9-8-22-20(6)23(14-27)26(32)28-21(22)7/h8-13H2,1-7H3,(H,28,32). The Morgan fingerprint density at radius 1 is 0.886 bits per heavy atom. The van der Waals surface area contributed by atoms with E-state index in [0.717, 1.165) is 33.4 Å². The quantitative estimate of drug-likeness (QED) is 0.681. The first-order valence-corrected chi connectivity index (χ1v) is 13.2. The molecule has 1 saturated heterocycles. The van der Waals surface area contributed by atoms with Gasteiger partial charge >= 0.3 is 0 Å². The van der Waals surface area contributed by atoms with Crippen LogP contribution in [0.5, 0.6) is 0 Å². The minimum atomic E-state index is -3.68. The van der Waals surface area contributed by atoms with Crippen molar-refractivity contribution in [1.82, 2.24) is 14.2 Å². The van der Waals surface area contributed by atoms with Crippen LogP contribution in [0.1, 0.15) is 56.6 Å². The van der Waals surface area contributed by atoms with E-state index in [9.17, 15) is 23.3 Å². The lowest BCUT2D eigenvalue weighted by atomic mass is 9.95. The normalized spacial score (nSPS) is 14.7. The lowest BCUT2D eigenvalue weighted by Gasteiger charge is -2.35. The number of carbonyl (C=O) groups is 1. The number of nitrogens with one attached hydrogen (secondary N) is 1. The number of sulfonamides is 1. The van der Waals surface area contributed by atoms with E-state index < -0.39 is 15.6 Å². The highest BCUT2D eigenvalue weighted by Gasteiger charge is 2.33. The molecule has 0 aliphatic carbocycles. The molecule has 2 heterocycles. The molecular formula is C26H34N4O4S. The van der Waals surface area contributed by atoms with Gasteiger partial charge in [-0.25, -0.2) is 8.42 Å². The molecule has 0 radical (unpaired) electrons. The number of aromatic amines is 1. The first-order valence-electron chi connectivity index (χ1n) is 11.8. The number of nitrogens with zero attached hydrogens (tertiary/aromatic N) is 3. The lowest BCUT2D eigenvalue weighted by molar-refractivity contribution is -0.132. The molecule has 188 valence electrons. The fraction of sp³-hybridized carbons (Fsp3) is 0.500. The van der Waals surface area contributed by atoms with E-state index in [2.05, 4.69) is 4.98 Å². The van der Waals surface area contributed by atoms with Crippen molar-refractivity contribution in [3.05, 3.63) is 60.6 Å². The summed E-state index contributed by atoms with van der Waals surface area (Å²) in [6, 6.07) is 1.93. The highest BCUT2D eigenvalue weighted by Crippen LogP contribution is 2.32. The van der Waals surface area contributed by atoms with E-state index in [4.69, 9.17) is 0 Å². The number of hydrogen-bond acceptors (Lipinski definition) is 5. The molecule has 1 fully saturated rings. The van der Waals surface area contributed by atoms with Gasteiger partial charge in [0, 0.05) is 38.3 Å². The SMILES string of the molecule is Cc1[nH]c(=O)c(C#N)c(C)c1CCC(=O)N1CCN(S(=O)(=O)c2c(C)c(C)c(C)c(C)c2C)CC1. The minimum absolute atomic E-state index is 0.0695. The summed E-state index contributed by atoms with van der Waals surface area (Å²) in [5.41, 5.74) is 6.39. The number of hydrogen-bond donors (Lipinski definition) is 1. The van der Waals surface area contributed by atoms with Crippen molar-refractivity contribution in [2.75, 3.05) is 26.2 Å². The van der Waals surface area contributed by atoms with Crippen LogP contribution in [0.25, 0.3) is 0 Å². The average molecular weight is 499 g/mol. The number of piperazine rings is 1. The van der Waals surface area contributed by atoms with Crippen molar-refractivity contribution >= 4 is 15.9 Å². The van der Waals surface area contributed by atoms with Gasteiger partial charge in [-0.1, -0.05) is 0 Å². The maximum absolute atomic E-state index is 13.6. The smallest absolute Gasteiger partial charge is 0.266 e. The van der Waals surface area contributed by atoms with Gasteiger partial charge in [0.2, 0.25) is 15.9 Å². The second kappa shape index (κ2) is 9.96. The van der Waals surface area contributed by atoms with Crippen LogP contribution >= 0.6 is 0 Å². The molecule has 0 atom stereocenters. The van der Waals surface area contributed by atoms with E-state index in [1.807, 2.05) is 40.7 Å². The molecule has 0 unspecified atom stereocenters. The Balaban J connectivity index is 1.72. The van der Waals surface area contributed by atoms with E-state index >= 15 is 0 Å². The highest BCUT2D eigenvalue weighted by atomic mass is 32.2. The Morgan fingerprint density at radius 2 is 1.40 bits per heavy atom. The van der Waals surface area contributed by atoms with Crippen LogP contribution in [0.4, 0.5) is 0 Å². The zero-order chi connectivity index (χ0) is 26.2. The Labute approximate surface area is 207 Å². The summed E-state index contributed by atoms with van der Waals surface area (Å²) >= 11 is 0. The van der Waals surface area contributed by atoms with Gasteiger partial charge in [-0.3, -0.25) is 9.59 Å². The Morgan fingerprint density at radius 3 is 1.91 bits per heavy atom. The molecule has 1 aliphatic heterocycles. The predicted octanol–water partition coefficient (Wildman–Crippen LogP) is 2.87. The summed E-state index contributed by atoms with van der Waals surface area (Å²) in [6.07, 6.45) is 0.626. The fourth-order valence-electron chi connectivity index (χ4n) is 4.97. The zero-order valence-corrected chi connectivity index (χ0v) is 22.4. The number of amides is 1. The number of benzene rings is 1. The topological polar surface area (TPSA) is 114 Å². The summed E-state index contributed by atoms with van der Waals surface area (Å²) in [5.74, 6) is -0.0695. The first kappa shape index (κ1) is 26.6. The maximum atomic E-state index is 13.6. The monoisotopic (exact) mass is 498 g/mol. The van der Waals surface area contributed by atoms with Gasteiger partial charge in [-0.05, 0) is 93.8 Å². The van der Waals surface area contributed by atoms with Gasteiger partial charge in [0.05, 0.1) is 4.90 Å². The number of pyridine rings is 1. The van der Waals surface area contributed by atoms with Crippen LogP contribution in [0.3, 0.4) is 0 Å². The average Bonchev–Trinajstić information content (AvgIpc) is 2.81. The van der Waals surface area contributed by atoms with E-state index in [-0.39, 0.29) is 31.0 Å². The number of aryl methyl sites for hydroxylation is 1. The second-order valence-corrected chi connectivity index (χ2v) is 11.3. The summed E-state index contributed by atoms with van der Waals surface area (Å²) in [5, 5.41) is 9.25. The number of H-pyrrole nitrogens is 1. The van der Waals surface area contributed by atoms with Gasteiger partial charge in [0.15, 0.2) is 0 Å². The summed E-state index contributed by atoms with van der Waals surface area (Å²) in [4.78, 5) is 29.6. The molecule has 1 aromatic carbocycles. The molecule has 8 nitrogen and oxygen atoms in total. The van der Waals surface area contributed by atoms with Crippen LogP contribution in [-0.4, -0.2) is 54.7 Å². The van der Waals surface area contributed by atoms with E-state index in [0.29, 0.717) is 35.7 Å². The third-order valence-corrected chi connectivity index (χ3v) is 9.80. The summed E-state index contributed by atoms with van der Waals surface area (Å²) < 4.78 is 28.6. The van der Waals surface area contributed by atoms with Crippen LogP contribution in [0.15, 0.2) is 9.69 Å². The molecule has 1 aliphatic rings. The molecule has 0 spiro atoms. The van der Waals surface area contributed by atoms with Crippen molar-refractivity contribution in [2.24, 2.45) is 0 Å². The molecule has 9 heteroatoms. The van der Waals surface area contributed by atoms with Crippen LogP contribution in [-0.2, 0) is 21.2 Å². The third-order valence-electron chi connectivity index (χ3n) is 7.63. The van der Waals surface area contributed by atoms with Gasteiger partial charge < -0.3 is 9.88 Å². The van der Waals surface area contributed by atoms with Gasteiger partial charge in [0.25, 0.3) is 5.56 Å². The largest absolute Gasteiger partial charge is 0.340 e. The van der Waals surface area contributed by atoms with Crippen LogP contribution in [0, 0.1) is 59.8 Å². The summed E-state index contributed by atoms with van der Waals surface area (Å²) in [7, 11) is -3.68. The highest BCUT2D eigenvalue weighted by molar-refractivity contribution is 7.89. The molecule has 1 aromatic heterocycles. The zero-order valence-electron chi connectivity index (χ0n) is 21.6. The lowest BCUT2D eigenvalue weighted by Crippen LogP contribution is -2.50. The van der Waals surface area contributed by atoms with Crippen molar-refractivity contribution in [2.45, 2.75) is 66.2 Å². The van der Waals surface area contributed by atoms with Gasteiger partial charge in [-0.15, -0.1) is 0 Å². The molecule has 1 N–H and O–H groups in total. The van der Waals surface area contributed by atoms with Crippen LogP contribution < -0.4 is 5.56 Å². The predicted molar refractivity (Wildman–Crippen MR) is 135 cm³/mol. The Hall–Kier alpha value is -2.96. The number of rotatable bonds is 5. The van der Waals surface area contributed by atoms with E-state index in [1.165, 1.54) is 4.31 Å². The second-order valence-electron chi connectivity index (χ2n) is 9.41. The van der Waals surface area contributed by atoms with Crippen LogP contribution in [0.2, 0.25) is 0 Å². The van der Waals surface area contributed by atoms with Crippen molar-refractivity contribution in [3.8, 4) is 6.07 Å². The Bertz CT molecular complexity index is 1360. The fourth-order valence-corrected chi connectivity index (χ4v) is 6.95. The molecule has 2 aromatic rings. The molecule has 3 rings (SSSR count). The van der Waals surface area contributed by atoms with Gasteiger partial charge in [0.1, 0.15) is 11.6 Å². The Kier molecular flexibility index (Phi) is 7.58. The minimum Gasteiger partial charge on any atom is -0.340 e. The van der Waals surface area contributed by atoms with Crippen molar-refractivity contribution < 1.29 is 13.2 Å². The molecular weight excluding hydrogens is 464 g/mol. The summed E-state index contributed by atoms with van der Waals surface area (Å²) in [6.45, 7) is 14.3. The maximum Gasteiger partial charge on any atom is 0.266 e. The number of carbonyl (C=O) groups excluding carboxylic acids is 1. The van der Waals surface area contributed by atoms with Crippen molar-refractivity contribution in [1.29, 1.82) is 5.26 Å². The van der Waals surface area contributed by atoms with Crippen molar-refractivity contribution in [3.63, 3.8) is 0 Å². The molecule has 1 amide bonds. The number of nitriles is 1.